The summed E-state index contributed by atoms with van der Waals surface area (Å²) >= 11 is 0. The topological polar surface area (TPSA) is 78.7 Å². The summed E-state index contributed by atoms with van der Waals surface area (Å²) in [6.45, 7) is 3.54. The van der Waals surface area contributed by atoms with Gasteiger partial charge in [-0.05, 0) is 41.7 Å². The lowest BCUT2D eigenvalue weighted by molar-refractivity contribution is -0.117. The van der Waals surface area contributed by atoms with E-state index in [1.807, 2.05) is 24.3 Å². The highest BCUT2D eigenvalue weighted by atomic mass is 16.3. The molecule has 3 aromatic rings. The first-order valence-corrected chi connectivity index (χ1v) is 11.1. The van der Waals surface area contributed by atoms with Crippen LogP contribution >= 0.6 is 0 Å². The number of aromatic nitrogens is 1. The molecule has 0 radical (unpaired) electrons. The number of benzene rings is 2. The van der Waals surface area contributed by atoms with Crippen molar-refractivity contribution in [3.05, 3.63) is 83.1 Å². The van der Waals surface area contributed by atoms with Crippen LogP contribution in [0.5, 0.6) is 0 Å². The minimum atomic E-state index is -0.261. The van der Waals surface area contributed by atoms with Gasteiger partial charge >= 0.3 is 0 Å². The molecular weight excluding hydrogens is 404 g/mol. The number of amides is 2. The van der Waals surface area contributed by atoms with E-state index in [1.165, 1.54) is 17.4 Å². The van der Waals surface area contributed by atoms with Crippen LogP contribution in [0.3, 0.4) is 0 Å². The molecule has 7 heteroatoms. The fourth-order valence-corrected chi connectivity index (χ4v) is 4.36. The third-order valence-corrected chi connectivity index (χ3v) is 6.13. The van der Waals surface area contributed by atoms with Crippen LogP contribution in [0.1, 0.15) is 45.9 Å². The molecule has 164 valence electrons. The molecule has 2 amide bonds. The van der Waals surface area contributed by atoms with E-state index < -0.39 is 0 Å². The van der Waals surface area contributed by atoms with E-state index in [-0.39, 0.29) is 17.5 Å². The third kappa shape index (κ3) is 4.43. The SMILES string of the molecule is O=C(NCc1ccc(N2CCCC2=O)cc1)c1coc(CN2CCc3ccccc3C2)n1. The minimum absolute atomic E-state index is 0.168. The molecule has 1 saturated heterocycles. The summed E-state index contributed by atoms with van der Waals surface area (Å²) in [4.78, 5) is 32.8. The van der Waals surface area contributed by atoms with E-state index in [4.69, 9.17) is 4.42 Å². The molecule has 2 aromatic carbocycles. The average Bonchev–Trinajstić information content (AvgIpc) is 3.47. The van der Waals surface area contributed by atoms with Crippen LogP contribution in [0.15, 0.2) is 59.2 Å². The van der Waals surface area contributed by atoms with Gasteiger partial charge in [0.15, 0.2) is 5.69 Å². The number of nitrogens with zero attached hydrogens (tertiary/aromatic N) is 3. The van der Waals surface area contributed by atoms with E-state index in [9.17, 15) is 9.59 Å². The van der Waals surface area contributed by atoms with E-state index >= 15 is 0 Å². The average molecular weight is 431 g/mol. The molecular formula is C25H26N4O3. The largest absolute Gasteiger partial charge is 0.447 e. The quantitative estimate of drug-likeness (QED) is 0.649. The molecule has 5 rings (SSSR count). The molecule has 1 N–H and O–H groups in total. The molecule has 0 spiro atoms. The van der Waals surface area contributed by atoms with Gasteiger partial charge in [-0.25, -0.2) is 4.98 Å². The maximum absolute atomic E-state index is 12.5. The zero-order chi connectivity index (χ0) is 21.9. The van der Waals surface area contributed by atoms with Gasteiger partial charge in [0, 0.05) is 38.3 Å². The summed E-state index contributed by atoms with van der Waals surface area (Å²) in [5.74, 6) is 0.457. The molecule has 7 nitrogen and oxygen atoms in total. The Kier molecular flexibility index (Phi) is 5.73. The van der Waals surface area contributed by atoms with Crippen molar-refractivity contribution in [2.24, 2.45) is 0 Å². The second kappa shape index (κ2) is 8.96. The molecule has 0 bridgehead atoms. The monoisotopic (exact) mass is 430 g/mol. The van der Waals surface area contributed by atoms with Crippen molar-refractivity contribution in [2.45, 2.75) is 38.9 Å². The molecule has 0 unspecified atom stereocenters. The zero-order valence-electron chi connectivity index (χ0n) is 17.9. The second-order valence-corrected chi connectivity index (χ2v) is 8.35. The number of hydrogen-bond acceptors (Lipinski definition) is 5. The summed E-state index contributed by atoms with van der Waals surface area (Å²) in [6, 6.07) is 16.2. The standard InChI is InChI=1S/C25H26N4O3/c30-24-6-3-12-29(24)21-9-7-18(8-10-21)14-26-25(31)22-17-32-23(27-22)16-28-13-11-19-4-1-2-5-20(19)15-28/h1-2,4-5,7-10,17H,3,6,11-16H2,(H,26,31). The Balaban J connectivity index is 1.14. The van der Waals surface area contributed by atoms with Crippen molar-refractivity contribution in [3.8, 4) is 0 Å². The summed E-state index contributed by atoms with van der Waals surface area (Å²) < 4.78 is 5.56. The molecule has 1 aromatic heterocycles. The normalized spacial score (nSPS) is 16.2. The van der Waals surface area contributed by atoms with Crippen LogP contribution in [0, 0.1) is 0 Å². The lowest BCUT2D eigenvalue weighted by Crippen LogP contribution is -2.30. The van der Waals surface area contributed by atoms with Crippen molar-refractivity contribution >= 4 is 17.5 Å². The van der Waals surface area contributed by atoms with Crippen LogP contribution < -0.4 is 10.2 Å². The number of anilines is 1. The molecule has 2 aliphatic heterocycles. The number of oxazole rings is 1. The Morgan fingerprint density at radius 2 is 1.84 bits per heavy atom. The van der Waals surface area contributed by atoms with Gasteiger partial charge in [-0.1, -0.05) is 36.4 Å². The fraction of sp³-hybridized carbons (Fsp3) is 0.320. The molecule has 0 atom stereocenters. The van der Waals surface area contributed by atoms with Crippen LogP contribution in [0.25, 0.3) is 0 Å². The van der Waals surface area contributed by atoms with Gasteiger partial charge in [-0.15, -0.1) is 0 Å². The Labute approximate surface area is 187 Å². The molecule has 32 heavy (non-hydrogen) atoms. The number of hydrogen-bond donors (Lipinski definition) is 1. The van der Waals surface area contributed by atoms with Crippen molar-refractivity contribution in [1.29, 1.82) is 0 Å². The maximum Gasteiger partial charge on any atom is 0.273 e. The lowest BCUT2D eigenvalue weighted by Gasteiger charge is -2.27. The first-order valence-electron chi connectivity index (χ1n) is 11.1. The van der Waals surface area contributed by atoms with Gasteiger partial charge in [0.05, 0.1) is 6.54 Å². The van der Waals surface area contributed by atoms with Crippen molar-refractivity contribution < 1.29 is 14.0 Å². The number of nitrogens with one attached hydrogen (secondary N) is 1. The van der Waals surface area contributed by atoms with Gasteiger partial charge in [0.2, 0.25) is 11.8 Å². The third-order valence-electron chi connectivity index (χ3n) is 6.13. The lowest BCUT2D eigenvalue weighted by atomic mass is 10.00. The van der Waals surface area contributed by atoms with E-state index in [1.54, 1.807) is 4.90 Å². The van der Waals surface area contributed by atoms with Crippen molar-refractivity contribution in [3.63, 3.8) is 0 Å². The summed E-state index contributed by atoms with van der Waals surface area (Å²) in [5.41, 5.74) is 4.89. The number of rotatable bonds is 6. The Morgan fingerprint density at radius 1 is 1.03 bits per heavy atom. The fourth-order valence-electron chi connectivity index (χ4n) is 4.36. The van der Waals surface area contributed by atoms with Gasteiger partial charge in [-0.2, -0.15) is 0 Å². The first-order chi connectivity index (χ1) is 15.7. The van der Waals surface area contributed by atoms with Crippen molar-refractivity contribution in [1.82, 2.24) is 15.2 Å². The van der Waals surface area contributed by atoms with Gasteiger partial charge in [0.1, 0.15) is 6.26 Å². The van der Waals surface area contributed by atoms with Crippen molar-refractivity contribution in [2.75, 3.05) is 18.0 Å². The smallest absolute Gasteiger partial charge is 0.273 e. The van der Waals surface area contributed by atoms with Gasteiger partial charge < -0.3 is 14.6 Å². The number of carbonyl (C=O) groups is 2. The molecule has 1 fully saturated rings. The van der Waals surface area contributed by atoms with Gasteiger partial charge in [0.25, 0.3) is 5.91 Å². The molecule has 0 saturated carbocycles. The number of fused-ring (bicyclic) bond motifs is 1. The molecule has 3 heterocycles. The summed E-state index contributed by atoms with van der Waals surface area (Å²) in [5, 5.41) is 2.89. The Bertz CT molecular complexity index is 1120. The van der Waals surface area contributed by atoms with Crippen LogP contribution in [-0.2, 0) is 30.8 Å². The molecule has 2 aliphatic rings. The minimum Gasteiger partial charge on any atom is -0.447 e. The Morgan fingerprint density at radius 3 is 2.62 bits per heavy atom. The maximum atomic E-state index is 12.5. The van der Waals surface area contributed by atoms with E-state index in [2.05, 4.69) is 39.5 Å². The second-order valence-electron chi connectivity index (χ2n) is 8.35. The van der Waals surface area contributed by atoms with Gasteiger partial charge in [-0.3, -0.25) is 14.5 Å². The van der Waals surface area contributed by atoms with Crippen LogP contribution in [0.2, 0.25) is 0 Å². The predicted molar refractivity (Wildman–Crippen MR) is 120 cm³/mol. The predicted octanol–water partition coefficient (Wildman–Crippen LogP) is 3.29. The number of carbonyl (C=O) groups excluding carboxylic acids is 2. The first kappa shape index (κ1) is 20.5. The van der Waals surface area contributed by atoms with Crippen LogP contribution in [-0.4, -0.2) is 34.8 Å². The van der Waals surface area contributed by atoms with Crippen LogP contribution in [0.4, 0.5) is 5.69 Å². The Hall–Kier alpha value is -3.45. The highest BCUT2D eigenvalue weighted by Crippen LogP contribution is 2.22. The highest BCUT2D eigenvalue weighted by molar-refractivity contribution is 5.95. The summed E-state index contributed by atoms with van der Waals surface area (Å²) in [7, 11) is 0. The van der Waals surface area contributed by atoms with E-state index in [0.29, 0.717) is 25.4 Å². The zero-order valence-corrected chi connectivity index (χ0v) is 17.9. The van der Waals surface area contributed by atoms with E-state index in [0.717, 1.165) is 43.7 Å². The highest BCUT2D eigenvalue weighted by Gasteiger charge is 2.22. The summed E-state index contributed by atoms with van der Waals surface area (Å²) in [6.07, 6.45) is 3.95. The molecule has 0 aliphatic carbocycles.